The van der Waals surface area contributed by atoms with Gasteiger partial charge in [0.1, 0.15) is 6.54 Å². The van der Waals surface area contributed by atoms with Crippen molar-refractivity contribution in [3.63, 3.8) is 0 Å². The van der Waals surface area contributed by atoms with Crippen LogP contribution in [0.3, 0.4) is 0 Å². The van der Waals surface area contributed by atoms with Gasteiger partial charge < -0.3 is 15.4 Å². The summed E-state index contributed by atoms with van der Waals surface area (Å²) in [4.78, 5) is 25.0. The number of esters is 1. The predicted molar refractivity (Wildman–Crippen MR) is 74.1 cm³/mol. The van der Waals surface area contributed by atoms with E-state index in [4.69, 9.17) is 22.1 Å². The van der Waals surface area contributed by atoms with Crippen LogP contribution in [0, 0.1) is 0 Å². The molecule has 0 heterocycles. The number of rotatable bonds is 5. The van der Waals surface area contributed by atoms with Crippen molar-refractivity contribution in [2.75, 3.05) is 25.4 Å². The van der Waals surface area contributed by atoms with E-state index in [1.165, 1.54) is 17.0 Å². The van der Waals surface area contributed by atoms with Gasteiger partial charge in [-0.2, -0.15) is 0 Å². The van der Waals surface area contributed by atoms with E-state index in [0.717, 1.165) is 0 Å². The second-order valence-corrected chi connectivity index (χ2v) is 4.33. The molecular weight excluding hydrogens is 268 g/mol. The van der Waals surface area contributed by atoms with Crippen molar-refractivity contribution in [1.29, 1.82) is 0 Å². The Morgan fingerprint density at radius 3 is 2.53 bits per heavy atom. The highest BCUT2D eigenvalue weighted by Crippen LogP contribution is 2.18. The van der Waals surface area contributed by atoms with Gasteiger partial charge in [-0.25, -0.2) is 0 Å². The minimum absolute atomic E-state index is 0.0877. The second-order valence-electron chi connectivity index (χ2n) is 3.90. The fraction of sp³-hybridized carbons (Fsp3) is 0.385. The van der Waals surface area contributed by atoms with Crippen LogP contribution < -0.4 is 5.73 Å². The third kappa shape index (κ3) is 4.44. The summed E-state index contributed by atoms with van der Waals surface area (Å²) >= 11 is 5.86. The molecule has 0 spiro atoms. The number of hydrogen-bond donors (Lipinski definition) is 1. The van der Waals surface area contributed by atoms with E-state index in [0.29, 0.717) is 22.8 Å². The Morgan fingerprint density at radius 1 is 1.32 bits per heavy atom. The molecule has 0 saturated heterocycles. The average Bonchev–Trinajstić information content (AvgIpc) is 2.34. The number of carbonyl (C=O) groups is 2. The predicted octanol–water partition coefficient (Wildman–Crippen LogP) is 1.95. The zero-order chi connectivity index (χ0) is 14.4. The summed E-state index contributed by atoms with van der Waals surface area (Å²) in [5, 5.41) is 0.385. The topological polar surface area (TPSA) is 72.6 Å². The first-order valence-corrected chi connectivity index (χ1v) is 6.36. The second kappa shape index (κ2) is 6.99. The number of likely N-dealkylation sites (N-methyl/N-ethyl adjacent to an activating group) is 1. The number of nitrogens with two attached hydrogens (primary N) is 1. The van der Waals surface area contributed by atoms with Crippen LogP contribution in [-0.4, -0.2) is 36.5 Å². The van der Waals surface area contributed by atoms with Gasteiger partial charge in [0.2, 0.25) is 0 Å². The zero-order valence-corrected chi connectivity index (χ0v) is 11.7. The lowest BCUT2D eigenvalue weighted by molar-refractivity contribution is -0.143. The molecule has 0 aromatic heterocycles. The number of halogens is 1. The van der Waals surface area contributed by atoms with E-state index in [1.807, 2.05) is 0 Å². The lowest BCUT2D eigenvalue weighted by Crippen LogP contribution is -2.36. The van der Waals surface area contributed by atoms with Crippen LogP contribution >= 0.6 is 11.6 Å². The van der Waals surface area contributed by atoms with Crippen molar-refractivity contribution in [1.82, 2.24) is 4.90 Å². The highest BCUT2D eigenvalue weighted by Gasteiger charge is 2.18. The van der Waals surface area contributed by atoms with E-state index in [-0.39, 0.29) is 19.1 Å². The van der Waals surface area contributed by atoms with Crippen LogP contribution in [0.1, 0.15) is 24.2 Å². The molecule has 6 heteroatoms. The van der Waals surface area contributed by atoms with Crippen LogP contribution in [0.4, 0.5) is 5.69 Å². The first-order chi connectivity index (χ1) is 8.97. The summed E-state index contributed by atoms with van der Waals surface area (Å²) in [6.45, 7) is 4.09. The van der Waals surface area contributed by atoms with Crippen molar-refractivity contribution in [2.45, 2.75) is 13.8 Å². The number of anilines is 1. The minimum atomic E-state index is -0.437. The van der Waals surface area contributed by atoms with Gasteiger partial charge in [0, 0.05) is 22.8 Å². The summed E-state index contributed by atoms with van der Waals surface area (Å²) in [6.07, 6.45) is 0. The maximum Gasteiger partial charge on any atom is 0.325 e. The number of carbonyl (C=O) groups excluding carboxylic acids is 2. The van der Waals surface area contributed by atoms with Gasteiger partial charge in [-0.3, -0.25) is 9.59 Å². The van der Waals surface area contributed by atoms with E-state index >= 15 is 0 Å². The first-order valence-electron chi connectivity index (χ1n) is 5.98. The maximum absolute atomic E-state index is 12.2. The monoisotopic (exact) mass is 284 g/mol. The molecule has 1 aromatic carbocycles. The number of benzene rings is 1. The lowest BCUT2D eigenvalue weighted by atomic mass is 10.1. The fourth-order valence-corrected chi connectivity index (χ4v) is 1.85. The molecule has 0 aliphatic rings. The van der Waals surface area contributed by atoms with Crippen molar-refractivity contribution in [2.24, 2.45) is 0 Å². The summed E-state index contributed by atoms with van der Waals surface area (Å²) in [5.41, 5.74) is 6.40. The van der Waals surface area contributed by atoms with E-state index in [1.54, 1.807) is 19.9 Å². The molecule has 104 valence electrons. The molecule has 2 N–H and O–H groups in total. The minimum Gasteiger partial charge on any atom is -0.465 e. The fourth-order valence-electron chi connectivity index (χ4n) is 1.61. The molecule has 1 aromatic rings. The van der Waals surface area contributed by atoms with Gasteiger partial charge in [0.15, 0.2) is 0 Å². The molecule has 0 aliphatic heterocycles. The average molecular weight is 285 g/mol. The molecule has 19 heavy (non-hydrogen) atoms. The molecule has 0 bridgehead atoms. The van der Waals surface area contributed by atoms with Crippen LogP contribution in [0.5, 0.6) is 0 Å². The SMILES string of the molecule is CCOC(=O)CN(CC)C(=O)c1cc(N)cc(Cl)c1. The molecule has 5 nitrogen and oxygen atoms in total. The standard InChI is InChI=1S/C13H17ClN2O3/c1-3-16(8-12(17)19-4-2)13(18)9-5-10(14)7-11(15)6-9/h5-7H,3-4,8,15H2,1-2H3. The lowest BCUT2D eigenvalue weighted by Gasteiger charge is -2.20. The maximum atomic E-state index is 12.2. The highest BCUT2D eigenvalue weighted by atomic mass is 35.5. The van der Waals surface area contributed by atoms with Gasteiger partial charge in [-0.05, 0) is 32.0 Å². The zero-order valence-electron chi connectivity index (χ0n) is 11.0. The van der Waals surface area contributed by atoms with Crippen LogP contribution in [0.2, 0.25) is 5.02 Å². The first kappa shape index (κ1) is 15.3. The quantitative estimate of drug-likeness (QED) is 0.662. The smallest absolute Gasteiger partial charge is 0.325 e. The molecule has 0 unspecified atom stereocenters. The summed E-state index contributed by atoms with van der Waals surface area (Å²) in [7, 11) is 0. The third-order valence-corrected chi connectivity index (χ3v) is 2.68. The normalized spacial score (nSPS) is 10.1. The summed E-state index contributed by atoms with van der Waals surface area (Å²) in [5.74, 6) is -0.738. The molecule has 0 fully saturated rings. The molecule has 1 rings (SSSR count). The van der Waals surface area contributed by atoms with Gasteiger partial charge in [-0.1, -0.05) is 11.6 Å². The van der Waals surface area contributed by atoms with Gasteiger partial charge in [0.25, 0.3) is 5.91 Å². The third-order valence-electron chi connectivity index (χ3n) is 2.46. The Bertz CT molecular complexity index is 457. The summed E-state index contributed by atoms with van der Waals surface area (Å²) < 4.78 is 4.82. The largest absolute Gasteiger partial charge is 0.465 e. The van der Waals surface area contributed by atoms with Crippen molar-refractivity contribution in [3.8, 4) is 0 Å². The Kier molecular flexibility index (Phi) is 5.63. The molecule has 0 aliphatic carbocycles. The van der Waals surface area contributed by atoms with Gasteiger partial charge >= 0.3 is 5.97 Å². The van der Waals surface area contributed by atoms with Crippen LogP contribution in [0.25, 0.3) is 0 Å². The number of nitrogen functional groups attached to an aromatic ring is 1. The van der Waals surface area contributed by atoms with Crippen LogP contribution in [-0.2, 0) is 9.53 Å². The van der Waals surface area contributed by atoms with E-state index in [9.17, 15) is 9.59 Å². The Hall–Kier alpha value is -1.75. The Balaban J connectivity index is 2.86. The molecule has 0 radical (unpaired) electrons. The molecule has 1 amide bonds. The number of nitrogens with zero attached hydrogens (tertiary/aromatic N) is 1. The number of hydrogen-bond acceptors (Lipinski definition) is 4. The Labute approximate surface area is 117 Å². The number of amides is 1. The molecule has 0 saturated carbocycles. The molecule has 0 atom stereocenters. The summed E-state index contributed by atoms with van der Waals surface area (Å²) in [6, 6.07) is 4.61. The highest BCUT2D eigenvalue weighted by molar-refractivity contribution is 6.31. The van der Waals surface area contributed by atoms with Gasteiger partial charge in [0.05, 0.1) is 6.61 Å². The van der Waals surface area contributed by atoms with Crippen molar-refractivity contribution >= 4 is 29.2 Å². The van der Waals surface area contributed by atoms with Gasteiger partial charge in [-0.15, -0.1) is 0 Å². The van der Waals surface area contributed by atoms with Crippen molar-refractivity contribution < 1.29 is 14.3 Å². The molecular formula is C13H17ClN2O3. The number of ether oxygens (including phenoxy) is 1. The Morgan fingerprint density at radius 2 is 2.00 bits per heavy atom. The van der Waals surface area contributed by atoms with E-state index < -0.39 is 5.97 Å². The van der Waals surface area contributed by atoms with Crippen LogP contribution in [0.15, 0.2) is 18.2 Å². The van der Waals surface area contributed by atoms with Crippen molar-refractivity contribution in [3.05, 3.63) is 28.8 Å². The van der Waals surface area contributed by atoms with E-state index in [2.05, 4.69) is 0 Å².